The number of pyridine rings is 1. The summed E-state index contributed by atoms with van der Waals surface area (Å²) in [6, 6.07) is 9.60. The Labute approximate surface area is 141 Å². The number of urea groups is 1. The highest BCUT2D eigenvalue weighted by molar-refractivity contribution is 9.10. The highest BCUT2D eigenvalue weighted by Gasteiger charge is 2.62. The summed E-state index contributed by atoms with van der Waals surface area (Å²) < 4.78 is 6.67. The van der Waals surface area contributed by atoms with Crippen molar-refractivity contribution in [2.75, 3.05) is 5.32 Å². The van der Waals surface area contributed by atoms with Crippen LogP contribution in [0.1, 0.15) is 12.8 Å². The molecule has 6 heteroatoms. The zero-order valence-electron chi connectivity index (χ0n) is 12.3. The summed E-state index contributed by atoms with van der Waals surface area (Å²) in [6.07, 6.45) is 2.80. The third-order valence-electron chi connectivity index (χ3n) is 5.26. The van der Waals surface area contributed by atoms with Crippen LogP contribution in [0.25, 0.3) is 10.9 Å². The number of para-hydroxylation sites is 1. The molecule has 2 aromatic rings. The number of ether oxygens (including phenoxy) is 1. The van der Waals surface area contributed by atoms with Crippen molar-refractivity contribution in [3.63, 3.8) is 0 Å². The number of aromatic nitrogens is 1. The zero-order chi connectivity index (χ0) is 15.6. The maximum absolute atomic E-state index is 12.4. The van der Waals surface area contributed by atoms with Crippen molar-refractivity contribution < 1.29 is 9.53 Å². The summed E-state index contributed by atoms with van der Waals surface area (Å²) in [5, 5.41) is 7.01. The van der Waals surface area contributed by atoms with Crippen molar-refractivity contribution in [1.29, 1.82) is 0 Å². The van der Waals surface area contributed by atoms with E-state index in [0.717, 1.165) is 33.5 Å². The van der Waals surface area contributed by atoms with Crippen LogP contribution < -0.4 is 10.6 Å². The third kappa shape index (κ3) is 2.23. The number of fused-ring (bicyclic) bond motifs is 6. The van der Waals surface area contributed by atoms with Crippen LogP contribution in [0.5, 0.6) is 0 Å². The lowest BCUT2D eigenvalue weighted by molar-refractivity contribution is 0.0668. The van der Waals surface area contributed by atoms with Gasteiger partial charge < -0.3 is 15.4 Å². The molecule has 2 bridgehead atoms. The number of nitrogens with one attached hydrogen (secondary N) is 2. The SMILES string of the molecule is O=C(Nc1cccc2ccc(Br)nc12)N[C@@H]1C[C@@H]2O[C@H]1[C@H]1C[C@H]12. The first-order valence-corrected chi connectivity index (χ1v) is 8.76. The number of anilines is 1. The van der Waals surface area contributed by atoms with E-state index in [2.05, 4.69) is 31.5 Å². The molecule has 118 valence electrons. The van der Waals surface area contributed by atoms with E-state index >= 15 is 0 Å². The minimum absolute atomic E-state index is 0.137. The molecule has 5 nitrogen and oxygen atoms in total. The molecule has 1 saturated carbocycles. The Bertz CT molecular complexity index is 812. The van der Waals surface area contributed by atoms with E-state index < -0.39 is 0 Å². The molecule has 3 heterocycles. The summed E-state index contributed by atoms with van der Waals surface area (Å²) in [4.78, 5) is 16.8. The van der Waals surface area contributed by atoms with Gasteiger partial charge in [0, 0.05) is 5.39 Å². The van der Waals surface area contributed by atoms with Crippen LogP contribution in [0.2, 0.25) is 0 Å². The Kier molecular flexibility index (Phi) is 2.94. The molecule has 2 saturated heterocycles. The van der Waals surface area contributed by atoms with Gasteiger partial charge in [0.25, 0.3) is 0 Å². The summed E-state index contributed by atoms with van der Waals surface area (Å²) in [5.74, 6) is 1.44. The smallest absolute Gasteiger partial charge is 0.319 e. The second-order valence-electron chi connectivity index (χ2n) is 6.65. The van der Waals surface area contributed by atoms with Gasteiger partial charge in [-0.25, -0.2) is 9.78 Å². The second kappa shape index (κ2) is 4.92. The first kappa shape index (κ1) is 13.7. The zero-order valence-corrected chi connectivity index (χ0v) is 13.9. The van der Waals surface area contributed by atoms with Gasteiger partial charge in [-0.15, -0.1) is 0 Å². The number of rotatable bonds is 2. The van der Waals surface area contributed by atoms with E-state index in [9.17, 15) is 4.79 Å². The average molecular weight is 374 g/mol. The van der Waals surface area contributed by atoms with Crippen LogP contribution in [-0.2, 0) is 4.74 Å². The van der Waals surface area contributed by atoms with Gasteiger partial charge in [-0.05, 0) is 52.7 Å². The number of nitrogens with zero attached hydrogens (tertiary/aromatic N) is 1. The quantitative estimate of drug-likeness (QED) is 0.793. The second-order valence-corrected chi connectivity index (χ2v) is 7.47. The van der Waals surface area contributed by atoms with Gasteiger partial charge in [-0.1, -0.05) is 18.2 Å². The minimum Gasteiger partial charge on any atom is -0.372 e. The standard InChI is InChI=1S/C17H16BrN3O2/c18-14-5-4-8-2-1-3-11(15(8)21-14)19-17(22)20-12-7-13-9-6-10(9)16(12)23-13/h1-5,9-10,12-13,16H,6-7H2,(H2,19,20,22)/t9-,10+,12-,13+,16+/m1/s1. The van der Waals surface area contributed by atoms with Crippen LogP contribution in [-0.4, -0.2) is 29.3 Å². The molecule has 5 atom stereocenters. The van der Waals surface area contributed by atoms with Crippen LogP contribution >= 0.6 is 15.9 Å². The maximum Gasteiger partial charge on any atom is 0.319 e. The molecule has 3 aliphatic rings. The van der Waals surface area contributed by atoms with Crippen LogP contribution in [0.3, 0.4) is 0 Å². The maximum atomic E-state index is 12.4. The molecular formula is C17H16BrN3O2. The average Bonchev–Trinajstić information content (AvgIpc) is 3.15. The molecule has 1 aromatic carbocycles. The van der Waals surface area contributed by atoms with Gasteiger partial charge in [0.05, 0.1) is 29.5 Å². The predicted molar refractivity (Wildman–Crippen MR) is 90.3 cm³/mol. The summed E-state index contributed by atoms with van der Waals surface area (Å²) >= 11 is 3.38. The Hall–Kier alpha value is -1.66. The van der Waals surface area contributed by atoms with Crippen molar-refractivity contribution in [2.45, 2.75) is 31.1 Å². The van der Waals surface area contributed by atoms with Gasteiger partial charge in [-0.3, -0.25) is 0 Å². The summed E-state index contributed by atoms with van der Waals surface area (Å²) in [5.41, 5.74) is 1.50. The number of carbonyl (C=O) groups is 1. The number of carbonyl (C=O) groups excluding carboxylic acids is 1. The first-order valence-electron chi connectivity index (χ1n) is 7.97. The highest BCUT2D eigenvalue weighted by Crippen LogP contribution is 2.58. The first-order chi connectivity index (χ1) is 11.2. The van der Waals surface area contributed by atoms with Crippen molar-refractivity contribution in [1.82, 2.24) is 10.3 Å². The van der Waals surface area contributed by atoms with Gasteiger partial charge in [0.1, 0.15) is 4.60 Å². The lowest BCUT2D eigenvalue weighted by Crippen LogP contribution is -2.44. The number of hydrogen-bond acceptors (Lipinski definition) is 3. The minimum atomic E-state index is -0.183. The normalized spacial score (nSPS) is 33.5. The van der Waals surface area contributed by atoms with Gasteiger partial charge >= 0.3 is 6.03 Å². The Morgan fingerprint density at radius 2 is 2.13 bits per heavy atom. The summed E-state index contributed by atoms with van der Waals surface area (Å²) in [6.45, 7) is 0. The van der Waals surface area contributed by atoms with Crippen molar-refractivity contribution >= 4 is 38.6 Å². The van der Waals surface area contributed by atoms with Crippen molar-refractivity contribution in [2.24, 2.45) is 11.8 Å². The lowest BCUT2D eigenvalue weighted by Gasteiger charge is -2.20. The van der Waals surface area contributed by atoms with Gasteiger partial charge in [0.2, 0.25) is 0 Å². The Morgan fingerprint density at radius 1 is 1.22 bits per heavy atom. The Balaban J connectivity index is 1.33. The molecule has 0 spiro atoms. The molecule has 0 unspecified atom stereocenters. The molecular weight excluding hydrogens is 358 g/mol. The Morgan fingerprint density at radius 3 is 2.96 bits per heavy atom. The van der Waals surface area contributed by atoms with Crippen LogP contribution in [0.15, 0.2) is 34.9 Å². The van der Waals surface area contributed by atoms with Crippen molar-refractivity contribution in [3.8, 4) is 0 Å². The number of halogens is 1. The van der Waals surface area contributed by atoms with Crippen LogP contribution in [0.4, 0.5) is 10.5 Å². The van der Waals surface area contributed by atoms with E-state index in [-0.39, 0.29) is 18.2 Å². The van der Waals surface area contributed by atoms with E-state index in [1.54, 1.807) is 0 Å². The third-order valence-corrected chi connectivity index (χ3v) is 5.70. The molecule has 1 aliphatic carbocycles. The number of benzene rings is 1. The fourth-order valence-electron chi connectivity index (χ4n) is 4.14. The van der Waals surface area contributed by atoms with Crippen LogP contribution in [0, 0.1) is 11.8 Å². The fourth-order valence-corrected chi connectivity index (χ4v) is 4.45. The molecule has 0 radical (unpaired) electrons. The van der Waals surface area contributed by atoms with E-state index in [4.69, 9.17) is 4.74 Å². The molecule has 5 rings (SSSR count). The highest BCUT2D eigenvalue weighted by atomic mass is 79.9. The molecule has 23 heavy (non-hydrogen) atoms. The molecule has 3 fully saturated rings. The van der Waals surface area contributed by atoms with E-state index in [0.29, 0.717) is 12.0 Å². The molecule has 2 N–H and O–H groups in total. The largest absolute Gasteiger partial charge is 0.372 e. The molecule has 1 aromatic heterocycles. The summed E-state index contributed by atoms with van der Waals surface area (Å²) in [7, 11) is 0. The van der Waals surface area contributed by atoms with E-state index in [1.165, 1.54) is 6.42 Å². The molecule has 2 amide bonds. The molecule has 2 aliphatic heterocycles. The fraction of sp³-hybridized carbons (Fsp3) is 0.412. The van der Waals surface area contributed by atoms with Gasteiger partial charge in [-0.2, -0.15) is 0 Å². The topological polar surface area (TPSA) is 63.2 Å². The number of hydrogen-bond donors (Lipinski definition) is 2. The van der Waals surface area contributed by atoms with Crippen molar-refractivity contribution in [3.05, 3.63) is 34.9 Å². The monoisotopic (exact) mass is 373 g/mol. The van der Waals surface area contributed by atoms with E-state index in [1.807, 2.05) is 30.3 Å². The number of amides is 2. The predicted octanol–water partition coefficient (Wildman–Crippen LogP) is 3.29. The lowest BCUT2D eigenvalue weighted by atomic mass is 9.96. The van der Waals surface area contributed by atoms with Gasteiger partial charge in [0.15, 0.2) is 0 Å².